The van der Waals surface area contributed by atoms with Crippen LogP contribution in [-0.2, 0) is 11.3 Å². The summed E-state index contributed by atoms with van der Waals surface area (Å²) in [6.07, 6.45) is 0.433. The third-order valence-corrected chi connectivity index (χ3v) is 4.38. The van der Waals surface area contributed by atoms with E-state index in [0.717, 1.165) is 4.57 Å². The first-order chi connectivity index (χ1) is 14.7. The molecule has 1 aromatic carbocycles. The van der Waals surface area contributed by atoms with E-state index in [0.29, 0.717) is 13.0 Å². The fraction of sp³-hybridized carbons (Fsp3) is 0.400. The molecule has 11 nitrogen and oxygen atoms in total. The zero-order valence-electron chi connectivity index (χ0n) is 17.7. The summed E-state index contributed by atoms with van der Waals surface area (Å²) in [7, 11) is 1.38. The third-order valence-electron chi connectivity index (χ3n) is 4.38. The second-order valence-electron chi connectivity index (χ2n) is 6.83. The van der Waals surface area contributed by atoms with Gasteiger partial charge in [0, 0.05) is 18.7 Å². The van der Waals surface area contributed by atoms with Gasteiger partial charge in [-0.1, -0.05) is 0 Å². The Hall–Kier alpha value is -3.78. The van der Waals surface area contributed by atoms with Crippen LogP contribution >= 0.6 is 0 Å². The smallest absolute Gasteiger partial charge is 0.300 e. The molecule has 0 unspecified atom stereocenters. The molecule has 1 aromatic heterocycles. The first kappa shape index (κ1) is 23.5. The summed E-state index contributed by atoms with van der Waals surface area (Å²) >= 11 is 0. The fourth-order valence-electron chi connectivity index (χ4n) is 2.77. The van der Waals surface area contributed by atoms with Crippen LogP contribution < -0.4 is 10.3 Å². The summed E-state index contributed by atoms with van der Waals surface area (Å²) < 4.78 is 11.4. The SMILES string of the molecule is COc1ccc(/N=N/c2c(C)c(C#N)c(=O)n(CCCOC(C)C)c2O)c([N+](=O)[O-])c1. The number of benzene rings is 1. The highest BCUT2D eigenvalue weighted by Crippen LogP contribution is 2.36. The minimum atomic E-state index is -0.656. The van der Waals surface area contributed by atoms with Gasteiger partial charge in [-0.05, 0) is 39.3 Å². The zero-order valence-corrected chi connectivity index (χ0v) is 17.7. The molecule has 2 aromatic rings. The maximum atomic E-state index is 12.6. The van der Waals surface area contributed by atoms with Gasteiger partial charge in [0.05, 0.1) is 24.2 Å². The molecule has 0 aliphatic heterocycles. The molecule has 11 heteroatoms. The highest BCUT2D eigenvalue weighted by atomic mass is 16.6. The van der Waals surface area contributed by atoms with Crippen LogP contribution in [0.25, 0.3) is 0 Å². The average Bonchev–Trinajstić information content (AvgIpc) is 2.73. The van der Waals surface area contributed by atoms with Crippen molar-refractivity contribution in [1.29, 1.82) is 5.26 Å². The van der Waals surface area contributed by atoms with Gasteiger partial charge in [0.15, 0.2) is 11.4 Å². The maximum Gasteiger partial charge on any atom is 0.300 e. The van der Waals surface area contributed by atoms with Crippen molar-refractivity contribution in [3.8, 4) is 17.7 Å². The molecular formula is C20H23N5O6. The summed E-state index contributed by atoms with van der Waals surface area (Å²) in [6.45, 7) is 5.65. The molecule has 0 spiro atoms. The highest BCUT2D eigenvalue weighted by molar-refractivity contribution is 5.62. The number of nitriles is 1. The summed E-state index contributed by atoms with van der Waals surface area (Å²) in [4.78, 5) is 23.3. The van der Waals surface area contributed by atoms with Crippen LogP contribution in [0.15, 0.2) is 33.2 Å². The number of nitro benzene ring substituents is 1. The number of hydrogen-bond acceptors (Lipinski definition) is 9. The lowest BCUT2D eigenvalue weighted by Crippen LogP contribution is -2.24. The van der Waals surface area contributed by atoms with Crippen molar-refractivity contribution in [2.75, 3.05) is 13.7 Å². The molecule has 2 rings (SSSR count). The molecule has 0 saturated carbocycles. The van der Waals surface area contributed by atoms with E-state index >= 15 is 0 Å². The molecule has 1 N–H and O–H groups in total. The Morgan fingerprint density at radius 1 is 1.35 bits per heavy atom. The number of nitro groups is 1. The molecule has 0 amide bonds. The van der Waals surface area contributed by atoms with Crippen molar-refractivity contribution in [2.45, 2.75) is 39.8 Å². The number of pyridine rings is 1. The molecule has 0 atom stereocenters. The van der Waals surface area contributed by atoms with Crippen molar-refractivity contribution < 1.29 is 19.5 Å². The van der Waals surface area contributed by atoms with Gasteiger partial charge in [0.2, 0.25) is 5.88 Å². The molecule has 164 valence electrons. The van der Waals surface area contributed by atoms with Gasteiger partial charge >= 0.3 is 0 Å². The van der Waals surface area contributed by atoms with Crippen molar-refractivity contribution in [3.63, 3.8) is 0 Å². The Kier molecular flexibility index (Phi) is 7.81. The van der Waals surface area contributed by atoms with Gasteiger partial charge in [-0.15, -0.1) is 10.2 Å². The summed E-state index contributed by atoms with van der Waals surface area (Å²) in [6, 6.07) is 5.83. The topological polar surface area (TPSA) is 152 Å². The van der Waals surface area contributed by atoms with Gasteiger partial charge in [0.1, 0.15) is 17.4 Å². The van der Waals surface area contributed by atoms with E-state index in [1.807, 2.05) is 19.9 Å². The van der Waals surface area contributed by atoms with E-state index in [9.17, 15) is 25.3 Å². The predicted molar refractivity (Wildman–Crippen MR) is 111 cm³/mol. The number of aromatic hydroxyl groups is 1. The highest BCUT2D eigenvalue weighted by Gasteiger charge is 2.20. The molecule has 0 fully saturated rings. The monoisotopic (exact) mass is 429 g/mol. The number of azo groups is 1. The largest absolute Gasteiger partial charge is 0.496 e. The van der Waals surface area contributed by atoms with E-state index in [4.69, 9.17) is 9.47 Å². The van der Waals surface area contributed by atoms with E-state index < -0.39 is 16.4 Å². The van der Waals surface area contributed by atoms with Gasteiger partial charge in [0.25, 0.3) is 11.2 Å². The normalized spacial score (nSPS) is 11.1. The van der Waals surface area contributed by atoms with Crippen molar-refractivity contribution in [2.24, 2.45) is 10.2 Å². The van der Waals surface area contributed by atoms with Crippen LogP contribution in [0.4, 0.5) is 17.1 Å². The van der Waals surface area contributed by atoms with Gasteiger partial charge < -0.3 is 14.6 Å². The predicted octanol–water partition coefficient (Wildman–Crippen LogP) is 3.88. The number of ether oxygens (including phenoxy) is 2. The van der Waals surface area contributed by atoms with Crippen LogP contribution in [0.2, 0.25) is 0 Å². The Morgan fingerprint density at radius 2 is 2.06 bits per heavy atom. The molecule has 0 aliphatic carbocycles. The lowest BCUT2D eigenvalue weighted by atomic mass is 10.1. The van der Waals surface area contributed by atoms with Crippen molar-refractivity contribution >= 4 is 17.1 Å². The average molecular weight is 429 g/mol. The Bertz CT molecular complexity index is 1100. The van der Waals surface area contributed by atoms with Crippen LogP contribution in [-0.4, -0.2) is 34.4 Å². The van der Waals surface area contributed by atoms with Gasteiger partial charge in [-0.2, -0.15) is 5.26 Å². The molecule has 0 aliphatic rings. The number of hydrogen-bond donors (Lipinski definition) is 1. The molecule has 0 radical (unpaired) electrons. The van der Waals surface area contributed by atoms with Crippen LogP contribution in [0.1, 0.15) is 31.4 Å². The Labute approximate surface area is 178 Å². The standard InChI is InChI=1S/C20H23N5O6/c1-12(2)31-9-5-8-24-19(26)15(11-21)13(3)18(20(24)27)23-22-16-7-6-14(30-4)10-17(16)25(28)29/h6-7,10,12,27H,5,8-9H2,1-4H3/b23-22+. The van der Waals surface area contributed by atoms with Crippen LogP contribution in [0.5, 0.6) is 11.6 Å². The van der Waals surface area contributed by atoms with E-state index in [1.54, 1.807) is 0 Å². The Balaban J connectivity index is 2.49. The summed E-state index contributed by atoms with van der Waals surface area (Å²) in [5.74, 6) is -0.209. The third kappa shape index (κ3) is 5.43. The number of nitrogens with zero attached hydrogens (tertiary/aromatic N) is 5. The van der Waals surface area contributed by atoms with Crippen molar-refractivity contribution in [1.82, 2.24) is 4.57 Å². The second kappa shape index (κ2) is 10.3. The number of rotatable bonds is 9. The van der Waals surface area contributed by atoms with Crippen LogP contribution in [0.3, 0.4) is 0 Å². The minimum absolute atomic E-state index is 0.0163. The first-order valence-electron chi connectivity index (χ1n) is 9.43. The molecular weight excluding hydrogens is 406 g/mol. The molecule has 31 heavy (non-hydrogen) atoms. The van der Waals surface area contributed by atoms with Crippen molar-refractivity contribution in [3.05, 3.63) is 49.8 Å². The van der Waals surface area contributed by atoms with Gasteiger partial charge in [-0.3, -0.25) is 19.5 Å². The lowest BCUT2D eigenvalue weighted by molar-refractivity contribution is -0.384. The maximum absolute atomic E-state index is 12.6. The fourth-order valence-corrected chi connectivity index (χ4v) is 2.77. The number of methoxy groups -OCH3 is 1. The molecule has 1 heterocycles. The van der Waals surface area contributed by atoms with Crippen LogP contribution in [0, 0.1) is 28.4 Å². The summed E-state index contributed by atoms with van der Waals surface area (Å²) in [5, 5.41) is 39.2. The molecule has 0 bridgehead atoms. The zero-order chi connectivity index (χ0) is 23.1. The first-order valence-corrected chi connectivity index (χ1v) is 9.43. The quantitative estimate of drug-likeness (QED) is 0.275. The van der Waals surface area contributed by atoms with Gasteiger partial charge in [-0.25, -0.2) is 0 Å². The summed E-state index contributed by atoms with van der Waals surface area (Å²) in [5.41, 5.74) is -1.27. The van der Waals surface area contributed by atoms with E-state index in [2.05, 4.69) is 10.2 Å². The molecule has 0 saturated heterocycles. The number of aromatic nitrogens is 1. The second-order valence-corrected chi connectivity index (χ2v) is 6.83. The van der Waals surface area contributed by atoms with E-state index in [1.165, 1.54) is 32.2 Å². The van der Waals surface area contributed by atoms with E-state index in [-0.39, 0.29) is 46.6 Å². The lowest BCUT2D eigenvalue weighted by Gasteiger charge is -2.14. The minimum Gasteiger partial charge on any atom is -0.496 e. The Morgan fingerprint density at radius 3 is 2.65 bits per heavy atom.